The van der Waals surface area contributed by atoms with Gasteiger partial charge in [0.05, 0.1) is 12.2 Å². The van der Waals surface area contributed by atoms with Gasteiger partial charge in [-0.05, 0) is 48.7 Å². The lowest BCUT2D eigenvalue weighted by Crippen LogP contribution is -2.51. The van der Waals surface area contributed by atoms with Gasteiger partial charge in [-0.1, -0.05) is 30.7 Å². The van der Waals surface area contributed by atoms with Crippen LogP contribution in [0.15, 0.2) is 42.5 Å². The van der Waals surface area contributed by atoms with Crippen LogP contribution in [0.25, 0.3) is 0 Å². The maximum absolute atomic E-state index is 11.5. The van der Waals surface area contributed by atoms with Crippen LogP contribution in [0.4, 0.5) is 5.69 Å². The van der Waals surface area contributed by atoms with E-state index in [4.69, 9.17) is 16.3 Å². The van der Waals surface area contributed by atoms with Crippen molar-refractivity contribution in [2.75, 3.05) is 25.0 Å². The largest absolute Gasteiger partial charge is 0.487 e. The van der Waals surface area contributed by atoms with E-state index in [-0.39, 0.29) is 11.5 Å². The molecule has 1 amide bonds. The standard InChI is InChI=1S/C24H29ClN2O4/c1-2-23(30)26-18-6-3-16(4-7-18)21(29)15-27-11-9-24(10-12-27)14-20(28)19-13-17(25)5-8-22(19)31-24/h3-8,13,20-21,28-29H,2,9-12,14-15H2,1H3,(H,26,30)/t20-,21-/m1/s1. The molecule has 2 aromatic rings. The van der Waals surface area contributed by atoms with Crippen LogP contribution in [0.1, 0.15) is 55.9 Å². The molecule has 7 heteroatoms. The molecule has 0 saturated carbocycles. The van der Waals surface area contributed by atoms with E-state index in [9.17, 15) is 15.0 Å². The zero-order valence-corrected chi connectivity index (χ0v) is 18.4. The predicted octanol–water partition coefficient (Wildman–Crippen LogP) is 4.07. The van der Waals surface area contributed by atoms with Crippen molar-refractivity contribution in [3.63, 3.8) is 0 Å². The number of aliphatic hydroxyl groups excluding tert-OH is 2. The lowest BCUT2D eigenvalue weighted by Gasteiger charge is -2.46. The molecule has 31 heavy (non-hydrogen) atoms. The number of nitrogens with zero attached hydrogens (tertiary/aromatic N) is 1. The van der Waals surface area contributed by atoms with Crippen molar-refractivity contribution in [3.8, 4) is 5.75 Å². The first-order chi connectivity index (χ1) is 14.9. The predicted molar refractivity (Wildman–Crippen MR) is 120 cm³/mol. The highest BCUT2D eigenvalue weighted by Crippen LogP contribution is 2.45. The first-order valence-corrected chi connectivity index (χ1v) is 11.2. The second kappa shape index (κ2) is 9.17. The summed E-state index contributed by atoms with van der Waals surface area (Å²) in [5.74, 6) is 0.684. The highest BCUT2D eigenvalue weighted by atomic mass is 35.5. The third kappa shape index (κ3) is 5.04. The summed E-state index contributed by atoms with van der Waals surface area (Å²) in [7, 11) is 0. The molecule has 2 heterocycles. The van der Waals surface area contributed by atoms with Crippen LogP contribution >= 0.6 is 11.6 Å². The first-order valence-electron chi connectivity index (χ1n) is 10.8. The van der Waals surface area contributed by atoms with Gasteiger partial charge < -0.3 is 25.2 Å². The minimum absolute atomic E-state index is 0.0312. The molecule has 2 aliphatic rings. The molecule has 3 N–H and O–H groups in total. The number of ether oxygens (including phenoxy) is 1. The molecule has 0 radical (unpaired) electrons. The Kier molecular flexibility index (Phi) is 6.53. The summed E-state index contributed by atoms with van der Waals surface area (Å²) in [6.45, 7) is 3.92. The summed E-state index contributed by atoms with van der Waals surface area (Å²) in [6, 6.07) is 12.7. The van der Waals surface area contributed by atoms with Crippen molar-refractivity contribution in [2.24, 2.45) is 0 Å². The third-order valence-electron chi connectivity index (χ3n) is 6.32. The Morgan fingerprint density at radius 2 is 1.97 bits per heavy atom. The van der Waals surface area contributed by atoms with Gasteiger partial charge in [-0.3, -0.25) is 4.79 Å². The van der Waals surface area contributed by atoms with Gasteiger partial charge in [0.2, 0.25) is 5.91 Å². The van der Waals surface area contributed by atoms with Crippen molar-refractivity contribution in [1.82, 2.24) is 4.90 Å². The van der Waals surface area contributed by atoms with Crippen molar-refractivity contribution in [2.45, 2.75) is 50.4 Å². The van der Waals surface area contributed by atoms with E-state index in [0.717, 1.165) is 42.7 Å². The summed E-state index contributed by atoms with van der Waals surface area (Å²) in [5.41, 5.74) is 1.94. The van der Waals surface area contributed by atoms with Crippen LogP contribution in [-0.2, 0) is 4.79 Å². The minimum atomic E-state index is -0.606. The highest BCUT2D eigenvalue weighted by Gasteiger charge is 2.43. The quantitative estimate of drug-likeness (QED) is 0.647. The van der Waals surface area contributed by atoms with Crippen LogP contribution in [0.5, 0.6) is 5.75 Å². The molecular weight excluding hydrogens is 416 g/mol. The minimum Gasteiger partial charge on any atom is -0.487 e. The number of anilines is 1. The lowest BCUT2D eigenvalue weighted by molar-refractivity contribution is -0.115. The summed E-state index contributed by atoms with van der Waals surface area (Å²) in [4.78, 5) is 13.7. The molecule has 166 valence electrons. The SMILES string of the molecule is CCC(=O)Nc1ccc([C@H](O)CN2CCC3(CC2)C[C@@H](O)c2cc(Cl)ccc2O3)cc1. The number of rotatable bonds is 5. The number of halogens is 1. The number of aliphatic hydroxyl groups is 2. The molecule has 0 aromatic heterocycles. The topological polar surface area (TPSA) is 82.0 Å². The lowest BCUT2D eigenvalue weighted by atomic mass is 9.81. The normalized spacial score (nSPS) is 21.2. The molecular formula is C24H29ClN2O4. The second-order valence-electron chi connectivity index (χ2n) is 8.53. The average Bonchev–Trinajstić information content (AvgIpc) is 2.76. The molecule has 0 unspecified atom stereocenters. The van der Waals surface area contributed by atoms with Crippen LogP contribution in [0, 0.1) is 0 Å². The van der Waals surface area contributed by atoms with Gasteiger partial charge in [0.25, 0.3) is 0 Å². The highest BCUT2D eigenvalue weighted by molar-refractivity contribution is 6.30. The summed E-state index contributed by atoms with van der Waals surface area (Å²) in [5, 5.41) is 24.7. The molecule has 2 atom stereocenters. The van der Waals surface area contributed by atoms with Gasteiger partial charge in [0.1, 0.15) is 11.4 Å². The fraction of sp³-hybridized carbons (Fsp3) is 0.458. The van der Waals surface area contributed by atoms with E-state index < -0.39 is 12.2 Å². The van der Waals surface area contributed by atoms with Gasteiger partial charge in [0, 0.05) is 48.7 Å². The number of amides is 1. The molecule has 6 nitrogen and oxygen atoms in total. The number of nitrogens with one attached hydrogen (secondary N) is 1. The molecule has 0 bridgehead atoms. The van der Waals surface area contributed by atoms with E-state index in [1.54, 1.807) is 12.1 Å². The van der Waals surface area contributed by atoms with E-state index >= 15 is 0 Å². The van der Waals surface area contributed by atoms with Gasteiger partial charge in [0.15, 0.2) is 0 Å². The van der Waals surface area contributed by atoms with Gasteiger partial charge in [-0.15, -0.1) is 0 Å². The van der Waals surface area contributed by atoms with E-state index in [1.807, 2.05) is 37.3 Å². The number of fused-ring (bicyclic) bond motifs is 1. The Morgan fingerprint density at radius 1 is 1.26 bits per heavy atom. The van der Waals surface area contributed by atoms with Crippen LogP contribution in [0.3, 0.4) is 0 Å². The summed E-state index contributed by atoms with van der Waals surface area (Å²) < 4.78 is 6.34. The van der Waals surface area contributed by atoms with Crippen molar-refractivity contribution < 1.29 is 19.7 Å². The number of piperidine rings is 1. The maximum atomic E-state index is 11.5. The van der Waals surface area contributed by atoms with E-state index in [0.29, 0.717) is 30.2 Å². The Hall–Kier alpha value is -2.12. The zero-order valence-electron chi connectivity index (χ0n) is 17.7. The van der Waals surface area contributed by atoms with Crippen LogP contribution in [0.2, 0.25) is 5.02 Å². The number of carbonyl (C=O) groups is 1. The van der Waals surface area contributed by atoms with Crippen molar-refractivity contribution >= 4 is 23.2 Å². The molecule has 2 aliphatic heterocycles. The number of benzene rings is 2. The monoisotopic (exact) mass is 444 g/mol. The Bertz CT molecular complexity index is 926. The van der Waals surface area contributed by atoms with Crippen molar-refractivity contribution in [3.05, 3.63) is 58.6 Å². The third-order valence-corrected chi connectivity index (χ3v) is 6.56. The number of carbonyl (C=O) groups excluding carboxylic acids is 1. The fourth-order valence-electron chi connectivity index (χ4n) is 4.45. The van der Waals surface area contributed by atoms with Gasteiger partial charge >= 0.3 is 0 Å². The van der Waals surface area contributed by atoms with Gasteiger partial charge in [-0.25, -0.2) is 0 Å². The summed E-state index contributed by atoms with van der Waals surface area (Å²) in [6.07, 6.45) is 1.39. The second-order valence-corrected chi connectivity index (χ2v) is 8.96. The van der Waals surface area contributed by atoms with E-state index in [2.05, 4.69) is 10.2 Å². The first kappa shape index (κ1) is 22.1. The number of β-amino-alcohol motifs (C(OH)–C–C–N with tert-alkyl or cyclic N) is 1. The fourth-order valence-corrected chi connectivity index (χ4v) is 4.63. The molecule has 0 aliphatic carbocycles. The number of likely N-dealkylation sites (tertiary alicyclic amines) is 1. The van der Waals surface area contributed by atoms with E-state index in [1.165, 1.54) is 0 Å². The van der Waals surface area contributed by atoms with Crippen LogP contribution in [-0.4, -0.2) is 46.3 Å². The molecule has 1 fully saturated rings. The van der Waals surface area contributed by atoms with Gasteiger partial charge in [-0.2, -0.15) is 0 Å². The average molecular weight is 445 g/mol. The molecule has 4 rings (SSSR count). The van der Waals surface area contributed by atoms with Crippen LogP contribution < -0.4 is 10.1 Å². The molecule has 1 saturated heterocycles. The summed E-state index contributed by atoms with van der Waals surface area (Å²) >= 11 is 6.06. The van der Waals surface area contributed by atoms with Crippen molar-refractivity contribution in [1.29, 1.82) is 0 Å². The molecule has 2 aromatic carbocycles. The Balaban J connectivity index is 1.33. The Morgan fingerprint density at radius 3 is 2.65 bits per heavy atom. The number of hydrogen-bond acceptors (Lipinski definition) is 5. The zero-order chi connectivity index (χ0) is 22.0. The molecule has 1 spiro atoms. The maximum Gasteiger partial charge on any atom is 0.224 e. The Labute approximate surface area is 187 Å². The smallest absolute Gasteiger partial charge is 0.224 e. The number of hydrogen-bond donors (Lipinski definition) is 3.